The third kappa shape index (κ3) is 2.67. The predicted octanol–water partition coefficient (Wildman–Crippen LogP) is 4.22. The van der Waals surface area contributed by atoms with Gasteiger partial charge in [0.25, 0.3) is 0 Å². The molecule has 0 amide bonds. The molecule has 1 unspecified atom stereocenters. The van der Waals surface area contributed by atoms with Crippen LogP contribution in [0.2, 0.25) is 0 Å². The molecular weight excluding hydrogens is 263 g/mol. The van der Waals surface area contributed by atoms with Crippen LogP contribution in [0.5, 0.6) is 0 Å². The molecule has 1 spiro atoms. The second kappa shape index (κ2) is 5.38. The van der Waals surface area contributed by atoms with E-state index in [2.05, 4.69) is 18.5 Å². The Morgan fingerprint density at radius 2 is 2.10 bits per heavy atom. The molecule has 112 valence electrons. The first-order chi connectivity index (χ1) is 10.1. The summed E-state index contributed by atoms with van der Waals surface area (Å²) in [5.41, 5.74) is 9.49. The third-order valence-corrected chi connectivity index (χ3v) is 5.46. The number of aliphatic imine (C=N–C) groups is 1. The summed E-state index contributed by atoms with van der Waals surface area (Å²) in [6.45, 7) is 5.76. The van der Waals surface area contributed by atoms with E-state index in [9.17, 15) is 4.39 Å². The summed E-state index contributed by atoms with van der Waals surface area (Å²) in [7, 11) is 0. The number of allylic oxidation sites excluding steroid dienone is 6. The van der Waals surface area contributed by atoms with Gasteiger partial charge in [-0.1, -0.05) is 12.2 Å². The molecule has 1 atom stereocenters. The SMILES string of the molecule is C=C/N=C1/C=CC(F)=C/C1=C(/C)C1CCC2(CC1)CC2N. The smallest absolute Gasteiger partial charge is 0.123 e. The number of rotatable bonds is 2. The van der Waals surface area contributed by atoms with Crippen molar-refractivity contribution in [3.05, 3.63) is 48.0 Å². The molecule has 0 heterocycles. The van der Waals surface area contributed by atoms with E-state index in [1.54, 1.807) is 12.2 Å². The minimum atomic E-state index is -0.205. The molecule has 2 fully saturated rings. The molecule has 0 aromatic rings. The van der Waals surface area contributed by atoms with Gasteiger partial charge in [-0.15, -0.1) is 0 Å². The van der Waals surface area contributed by atoms with Crippen molar-refractivity contribution in [2.24, 2.45) is 22.1 Å². The van der Waals surface area contributed by atoms with Crippen LogP contribution in [-0.2, 0) is 0 Å². The van der Waals surface area contributed by atoms with Crippen LogP contribution in [0.4, 0.5) is 4.39 Å². The number of hydrogen-bond acceptors (Lipinski definition) is 2. The van der Waals surface area contributed by atoms with E-state index in [-0.39, 0.29) is 5.83 Å². The van der Waals surface area contributed by atoms with E-state index in [1.165, 1.54) is 37.1 Å². The van der Waals surface area contributed by atoms with E-state index < -0.39 is 0 Å². The van der Waals surface area contributed by atoms with Crippen molar-refractivity contribution in [2.45, 2.75) is 45.1 Å². The first-order valence-electron chi connectivity index (χ1n) is 7.76. The summed E-state index contributed by atoms with van der Waals surface area (Å²) in [4.78, 5) is 4.27. The molecule has 3 heteroatoms. The van der Waals surface area contributed by atoms with Gasteiger partial charge in [0.2, 0.25) is 0 Å². The van der Waals surface area contributed by atoms with Crippen LogP contribution < -0.4 is 5.73 Å². The Hall–Kier alpha value is -1.48. The van der Waals surface area contributed by atoms with Crippen molar-refractivity contribution in [3.8, 4) is 0 Å². The fourth-order valence-corrected chi connectivity index (χ4v) is 3.83. The van der Waals surface area contributed by atoms with E-state index in [4.69, 9.17) is 5.73 Å². The molecular formula is C18H23FN2. The molecule has 0 aromatic carbocycles. The van der Waals surface area contributed by atoms with Gasteiger partial charge in [0.05, 0.1) is 5.71 Å². The van der Waals surface area contributed by atoms with E-state index in [1.807, 2.05) is 0 Å². The Morgan fingerprint density at radius 3 is 2.67 bits per heavy atom. The lowest BCUT2D eigenvalue weighted by atomic mass is 9.75. The monoisotopic (exact) mass is 286 g/mol. The summed E-state index contributed by atoms with van der Waals surface area (Å²) < 4.78 is 13.6. The minimum absolute atomic E-state index is 0.205. The van der Waals surface area contributed by atoms with Gasteiger partial charge in [-0.25, -0.2) is 4.39 Å². The molecule has 3 aliphatic carbocycles. The largest absolute Gasteiger partial charge is 0.327 e. The topological polar surface area (TPSA) is 38.4 Å². The van der Waals surface area contributed by atoms with Gasteiger partial charge < -0.3 is 5.73 Å². The lowest BCUT2D eigenvalue weighted by Gasteiger charge is -2.31. The van der Waals surface area contributed by atoms with Crippen molar-refractivity contribution in [1.29, 1.82) is 0 Å². The van der Waals surface area contributed by atoms with Crippen molar-refractivity contribution >= 4 is 5.71 Å². The van der Waals surface area contributed by atoms with Crippen LogP contribution in [-0.4, -0.2) is 11.8 Å². The van der Waals surface area contributed by atoms with Gasteiger partial charge in [-0.2, -0.15) is 0 Å². The Balaban J connectivity index is 1.82. The molecule has 21 heavy (non-hydrogen) atoms. The van der Waals surface area contributed by atoms with Gasteiger partial charge >= 0.3 is 0 Å². The zero-order chi connectivity index (χ0) is 15.0. The summed E-state index contributed by atoms with van der Waals surface area (Å²) in [6, 6.07) is 0.416. The van der Waals surface area contributed by atoms with Gasteiger partial charge in [0, 0.05) is 17.8 Å². The fourth-order valence-electron chi connectivity index (χ4n) is 3.83. The number of hydrogen-bond donors (Lipinski definition) is 1. The average molecular weight is 286 g/mol. The fraction of sp³-hybridized carbons (Fsp3) is 0.500. The van der Waals surface area contributed by atoms with Crippen molar-refractivity contribution in [1.82, 2.24) is 0 Å². The average Bonchev–Trinajstić information content (AvgIpc) is 3.10. The highest BCUT2D eigenvalue weighted by Gasteiger charge is 2.52. The van der Waals surface area contributed by atoms with Gasteiger partial charge in [-0.05, 0) is 68.6 Å². The second-order valence-electron chi connectivity index (χ2n) is 6.60. The van der Waals surface area contributed by atoms with Crippen LogP contribution in [0.25, 0.3) is 0 Å². The van der Waals surface area contributed by atoms with Crippen LogP contribution >= 0.6 is 0 Å². The van der Waals surface area contributed by atoms with Crippen LogP contribution in [0.1, 0.15) is 39.0 Å². The third-order valence-electron chi connectivity index (χ3n) is 5.46. The van der Waals surface area contributed by atoms with E-state index in [0.29, 0.717) is 17.4 Å². The molecule has 0 saturated heterocycles. The summed E-state index contributed by atoms with van der Waals surface area (Å²) in [6.07, 6.45) is 12.2. The van der Waals surface area contributed by atoms with Crippen LogP contribution in [0.15, 0.2) is 53.0 Å². The molecule has 0 radical (unpaired) electrons. The summed E-state index contributed by atoms with van der Waals surface area (Å²) in [5, 5.41) is 0. The highest BCUT2D eigenvalue weighted by molar-refractivity contribution is 6.12. The van der Waals surface area contributed by atoms with E-state index >= 15 is 0 Å². The van der Waals surface area contributed by atoms with Crippen molar-refractivity contribution in [3.63, 3.8) is 0 Å². The first-order valence-corrected chi connectivity index (χ1v) is 7.76. The summed E-state index contributed by atoms with van der Waals surface area (Å²) in [5.74, 6) is 0.313. The molecule has 3 aliphatic rings. The number of halogens is 1. The van der Waals surface area contributed by atoms with E-state index in [0.717, 1.165) is 24.1 Å². The van der Waals surface area contributed by atoms with Crippen LogP contribution in [0.3, 0.4) is 0 Å². The highest BCUT2D eigenvalue weighted by Crippen LogP contribution is 2.57. The molecule has 0 aromatic heterocycles. The number of nitrogens with zero attached hydrogens (tertiary/aromatic N) is 1. The Labute approximate surface area is 126 Å². The highest BCUT2D eigenvalue weighted by atomic mass is 19.1. The Kier molecular flexibility index (Phi) is 3.70. The molecule has 3 rings (SSSR count). The normalized spacial score (nSPS) is 39.4. The molecule has 2 saturated carbocycles. The van der Waals surface area contributed by atoms with Gasteiger partial charge in [-0.3, -0.25) is 4.99 Å². The minimum Gasteiger partial charge on any atom is -0.327 e. The molecule has 0 aliphatic heterocycles. The quantitative estimate of drug-likeness (QED) is 0.811. The van der Waals surface area contributed by atoms with Crippen LogP contribution in [0, 0.1) is 11.3 Å². The molecule has 2 N–H and O–H groups in total. The van der Waals surface area contributed by atoms with Crippen molar-refractivity contribution < 1.29 is 4.39 Å². The predicted molar refractivity (Wildman–Crippen MR) is 85.6 cm³/mol. The second-order valence-corrected chi connectivity index (χ2v) is 6.60. The van der Waals surface area contributed by atoms with Crippen molar-refractivity contribution in [2.75, 3.05) is 0 Å². The number of nitrogens with two attached hydrogens (primary N) is 1. The lowest BCUT2D eigenvalue weighted by molar-refractivity contribution is 0.274. The summed E-state index contributed by atoms with van der Waals surface area (Å²) >= 11 is 0. The first kappa shape index (κ1) is 14.5. The molecule has 0 bridgehead atoms. The maximum atomic E-state index is 13.6. The standard InChI is InChI=1S/C18H23FN2/c1-3-21-16-5-4-14(19)10-15(16)12(2)13-6-8-18(9-7-13)11-17(18)20/h3-5,10,13,17H,1,6-9,11,20H2,2H3/b15-12+,21-16-. The van der Waals surface area contributed by atoms with Gasteiger partial charge in [0.15, 0.2) is 0 Å². The Morgan fingerprint density at radius 1 is 1.43 bits per heavy atom. The zero-order valence-corrected chi connectivity index (χ0v) is 12.6. The zero-order valence-electron chi connectivity index (χ0n) is 12.6. The maximum absolute atomic E-state index is 13.6. The Bertz CT molecular complexity index is 572. The lowest BCUT2D eigenvalue weighted by Crippen LogP contribution is -2.23. The maximum Gasteiger partial charge on any atom is 0.123 e. The van der Waals surface area contributed by atoms with Gasteiger partial charge in [0.1, 0.15) is 5.83 Å². The molecule has 2 nitrogen and oxygen atoms in total.